The second kappa shape index (κ2) is 6.49. The molecule has 7 heteroatoms. The molecule has 0 aliphatic carbocycles. The van der Waals surface area contributed by atoms with Gasteiger partial charge in [0.15, 0.2) is 0 Å². The number of nitrogens with one attached hydrogen (secondary N) is 1. The number of nitrogens with zero attached hydrogens (tertiary/aromatic N) is 6. The number of H-pyrrole nitrogens is 1. The van der Waals surface area contributed by atoms with E-state index in [0.717, 1.165) is 44.3 Å². The molecule has 0 amide bonds. The second-order valence-corrected chi connectivity index (χ2v) is 8.22. The van der Waals surface area contributed by atoms with E-state index < -0.39 is 0 Å². The number of rotatable bonds is 2. The molecule has 0 aliphatic rings. The quantitative estimate of drug-likeness (QED) is 0.470. The standard InChI is InChI=1S/C23H19N7/c1-23(2,3)30-13-29-19-5-4-14(7-20(19)30)18-12-28-22-17(18)6-15(9-27-22)16-10-25-21(8-24)26-11-16/h4-7,9-13H,1-3H3,(H,27,28). The highest BCUT2D eigenvalue weighted by atomic mass is 15.1. The third-order valence-electron chi connectivity index (χ3n) is 5.20. The molecule has 4 aromatic heterocycles. The van der Waals surface area contributed by atoms with Crippen LogP contribution in [0.15, 0.2) is 55.4 Å². The topological polar surface area (TPSA) is 96.1 Å². The van der Waals surface area contributed by atoms with Gasteiger partial charge in [0.1, 0.15) is 11.7 Å². The Morgan fingerprint density at radius 1 is 0.933 bits per heavy atom. The van der Waals surface area contributed by atoms with Crippen LogP contribution >= 0.6 is 0 Å². The summed E-state index contributed by atoms with van der Waals surface area (Å²) < 4.78 is 2.19. The summed E-state index contributed by atoms with van der Waals surface area (Å²) in [5.41, 5.74) is 6.70. The smallest absolute Gasteiger partial charge is 0.232 e. The number of imidazole rings is 1. The van der Waals surface area contributed by atoms with Gasteiger partial charge in [-0.1, -0.05) is 6.07 Å². The van der Waals surface area contributed by atoms with Gasteiger partial charge in [-0.25, -0.2) is 19.9 Å². The van der Waals surface area contributed by atoms with Crippen LogP contribution in [0.5, 0.6) is 0 Å². The van der Waals surface area contributed by atoms with Gasteiger partial charge < -0.3 is 9.55 Å². The third kappa shape index (κ3) is 2.90. The van der Waals surface area contributed by atoms with E-state index in [2.05, 4.69) is 74.5 Å². The molecule has 7 nitrogen and oxygen atoms in total. The van der Waals surface area contributed by atoms with Gasteiger partial charge in [0.05, 0.1) is 17.4 Å². The van der Waals surface area contributed by atoms with Gasteiger partial charge in [0.2, 0.25) is 5.82 Å². The number of benzene rings is 1. The summed E-state index contributed by atoms with van der Waals surface area (Å²) in [6.07, 6.45) is 8.96. The first-order valence-corrected chi connectivity index (χ1v) is 9.62. The van der Waals surface area contributed by atoms with Crippen molar-refractivity contribution in [3.63, 3.8) is 0 Å². The Morgan fingerprint density at radius 3 is 2.43 bits per heavy atom. The molecule has 0 atom stereocenters. The lowest BCUT2D eigenvalue weighted by Gasteiger charge is -2.21. The van der Waals surface area contributed by atoms with E-state index in [1.54, 1.807) is 18.6 Å². The highest BCUT2D eigenvalue weighted by Crippen LogP contribution is 2.33. The van der Waals surface area contributed by atoms with Crippen molar-refractivity contribution in [2.45, 2.75) is 26.3 Å². The van der Waals surface area contributed by atoms with Gasteiger partial charge in [-0.15, -0.1) is 0 Å². The monoisotopic (exact) mass is 393 g/mol. The van der Waals surface area contributed by atoms with Crippen LogP contribution in [0.2, 0.25) is 0 Å². The Labute approximate surface area is 173 Å². The maximum atomic E-state index is 8.91. The summed E-state index contributed by atoms with van der Waals surface area (Å²) >= 11 is 0. The minimum Gasteiger partial charge on any atom is -0.346 e. The molecule has 0 saturated carbocycles. The van der Waals surface area contributed by atoms with Crippen LogP contribution in [0.25, 0.3) is 44.3 Å². The van der Waals surface area contributed by atoms with Gasteiger partial charge in [0, 0.05) is 52.4 Å². The van der Waals surface area contributed by atoms with Crippen LogP contribution in [-0.4, -0.2) is 29.5 Å². The van der Waals surface area contributed by atoms with Crippen molar-refractivity contribution in [1.29, 1.82) is 5.26 Å². The normalized spacial score (nSPS) is 11.8. The second-order valence-electron chi connectivity index (χ2n) is 8.22. The first-order chi connectivity index (χ1) is 14.4. The molecule has 0 fully saturated rings. The molecule has 1 N–H and O–H groups in total. The van der Waals surface area contributed by atoms with Crippen molar-refractivity contribution < 1.29 is 0 Å². The Morgan fingerprint density at radius 2 is 1.70 bits per heavy atom. The number of hydrogen-bond donors (Lipinski definition) is 1. The fourth-order valence-electron chi connectivity index (χ4n) is 3.64. The van der Waals surface area contributed by atoms with Crippen molar-refractivity contribution in [2.24, 2.45) is 0 Å². The Hall–Kier alpha value is -4.05. The largest absolute Gasteiger partial charge is 0.346 e. The zero-order chi connectivity index (χ0) is 20.9. The first kappa shape index (κ1) is 18.0. The minimum atomic E-state index is -0.0576. The summed E-state index contributed by atoms with van der Waals surface area (Å²) in [7, 11) is 0. The molecule has 5 rings (SSSR count). The van der Waals surface area contributed by atoms with Crippen LogP contribution in [-0.2, 0) is 5.54 Å². The highest BCUT2D eigenvalue weighted by Gasteiger charge is 2.17. The maximum Gasteiger partial charge on any atom is 0.232 e. The lowest BCUT2D eigenvalue weighted by Crippen LogP contribution is -2.20. The molecule has 0 aliphatic heterocycles. The van der Waals surface area contributed by atoms with Crippen molar-refractivity contribution in [3.8, 4) is 28.3 Å². The zero-order valence-electron chi connectivity index (χ0n) is 16.9. The number of nitriles is 1. The summed E-state index contributed by atoms with van der Waals surface area (Å²) in [5, 5.41) is 9.92. The molecule has 1 aromatic carbocycles. The molecule has 5 aromatic rings. The van der Waals surface area contributed by atoms with Gasteiger partial charge in [-0.2, -0.15) is 5.26 Å². The SMILES string of the molecule is CC(C)(C)n1cnc2ccc(-c3c[nH]c4ncc(-c5cnc(C#N)nc5)cc34)cc21. The Kier molecular flexibility index (Phi) is 3.90. The molecule has 0 saturated heterocycles. The number of aromatic nitrogens is 6. The maximum absolute atomic E-state index is 8.91. The molecule has 30 heavy (non-hydrogen) atoms. The van der Waals surface area contributed by atoms with E-state index >= 15 is 0 Å². The van der Waals surface area contributed by atoms with Gasteiger partial charge in [0.25, 0.3) is 0 Å². The van der Waals surface area contributed by atoms with Crippen molar-refractivity contribution in [2.75, 3.05) is 0 Å². The molecule has 146 valence electrons. The molecule has 0 spiro atoms. The van der Waals surface area contributed by atoms with Gasteiger partial charge in [-0.3, -0.25) is 0 Å². The van der Waals surface area contributed by atoms with Crippen molar-refractivity contribution in [1.82, 2.24) is 29.5 Å². The molecule has 4 heterocycles. The summed E-state index contributed by atoms with van der Waals surface area (Å²) in [6.45, 7) is 6.51. The number of hydrogen-bond acceptors (Lipinski definition) is 5. The average molecular weight is 393 g/mol. The predicted molar refractivity (Wildman–Crippen MR) is 116 cm³/mol. The van der Waals surface area contributed by atoms with Crippen LogP contribution < -0.4 is 0 Å². The lowest BCUT2D eigenvalue weighted by molar-refractivity contribution is 0.408. The van der Waals surface area contributed by atoms with Crippen molar-refractivity contribution >= 4 is 22.1 Å². The van der Waals surface area contributed by atoms with E-state index in [0.29, 0.717) is 0 Å². The van der Waals surface area contributed by atoms with Crippen molar-refractivity contribution in [3.05, 3.63) is 61.2 Å². The van der Waals surface area contributed by atoms with Crippen LogP contribution in [0.1, 0.15) is 26.6 Å². The predicted octanol–water partition coefficient (Wildman–Crippen LogP) is 4.66. The molecule has 0 bridgehead atoms. The number of fused-ring (bicyclic) bond motifs is 2. The molecule has 0 radical (unpaired) electrons. The molecular weight excluding hydrogens is 374 g/mol. The van der Waals surface area contributed by atoms with Crippen LogP contribution in [0.4, 0.5) is 0 Å². The minimum absolute atomic E-state index is 0.0576. The Balaban J connectivity index is 1.65. The fraction of sp³-hybridized carbons (Fsp3) is 0.174. The zero-order valence-corrected chi connectivity index (χ0v) is 16.9. The molecule has 0 unspecified atom stereocenters. The number of aromatic amines is 1. The highest BCUT2D eigenvalue weighted by molar-refractivity contribution is 5.97. The van der Waals surface area contributed by atoms with Gasteiger partial charge >= 0.3 is 0 Å². The fourth-order valence-corrected chi connectivity index (χ4v) is 3.64. The van der Waals surface area contributed by atoms with E-state index in [9.17, 15) is 0 Å². The van der Waals surface area contributed by atoms with Gasteiger partial charge in [-0.05, 0) is 44.5 Å². The Bertz CT molecular complexity index is 1430. The van der Waals surface area contributed by atoms with Crippen LogP contribution in [0, 0.1) is 11.3 Å². The lowest BCUT2D eigenvalue weighted by atomic mass is 10.0. The van der Waals surface area contributed by atoms with E-state index in [-0.39, 0.29) is 11.4 Å². The third-order valence-corrected chi connectivity index (χ3v) is 5.20. The van der Waals surface area contributed by atoms with E-state index in [1.165, 1.54) is 0 Å². The van der Waals surface area contributed by atoms with E-state index in [1.807, 2.05) is 18.6 Å². The number of pyridine rings is 1. The summed E-state index contributed by atoms with van der Waals surface area (Å²) in [4.78, 5) is 20.5. The van der Waals surface area contributed by atoms with E-state index in [4.69, 9.17) is 5.26 Å². The molecular formula is C23H19N7. The summed E-state index contributed by atoms with van der Waals surface area (Å²) in [6, 6.07) is 10.3. The average Bonchev–Trinajstić information content (AvgIpc) is 3.36. The summed E-state index contributed by atoms with van der Waals surface area (Å²) in [5.74, 6) is 0.152. The first-order valence-electron chi connectivity index (χ1n) is 9.62. The van der Waals surface area contributed by atoms with Crippen LogP contribution in [0.3, 0.4) is 0 Å².